The second-order valence-electron chi connectivity index (χ2n) is 8.10. The molecule has 0 fully saturated rings. The standard InChI is InChI=1S/C28H24Cl3N3O4/c1-4-37-25-12-18(10-19(14-32)28(36)34-24-7-5-6-16(2)17(24)3)11-23(31)27(25)38-15-26(35)33-20-8-9-21(29)22(30)13-20/h5-13H,4,15H2,1-3H3,(H,33,35)(H,34,36)/b19-10-. The number of anilines is 2. The van der Waals surface area contributed by atoms with Crippen molar-refractivity contribution >= 4 is 64.1 Å². The summed E-state index contributed by atoms with van der Waals surface area (Å²) in [6.45, 7) is 5.52. The summed E-state index contributed by atoms with van der Waals surface area (Å²) in [5, 5.41) is 15.9. The molecule has 10 heteroatoms. The Hall–Kier alpha value is -3.70. The second kappa shape index (κ2) is 13.2. The minimum Gasteiger partial charge on any atom is -0.490 e. The van der Waals surface area contributed by atoms with Gasteiger partial charge < -0.3 is 20.1 Å². The lowest BCUT2D eigenvalue weighted by Crippen LogP contribution is -2.20. The van der Waals surface area contributed by atoms with E-state index in [9.17, 15) is 14.9 Å². The number of carbonyl (C=O) groups excluding carboxylic acids is 2. The lowest BCUT2D eigenvalue weighted by atomic mass is 10.1. The lowest BCUT2D eigenvalue weighted by Gasteiger charge is -2.15. The number of nitrogens with zero attached hydrogens (tertiary/aromatic N) is 1. The van der Waals surface area contributed by atoms with Gasteiger partial charge in [-0.3, -0.25) is 9.59 Å². The summed E-state index contributed by atoms with van der Waals surface area (Å²) in [6, 6.07) is 15.2. The van der Waals surface area contributed by atoms with Crippen molar-refractivity contribution in [3.63, 3.8) is 0 Å². The Kier molecular flexibility index (Phi) is 10.0. The van der Waals surface area contributed by atoms with Crippen molar-refractivity contribution < 1.29 is 19.1 Å². The molecule has 2 amide bonds. The molecule has 3 aromatic rings. The number of benzene rings is 3. The largest absolute Gasteiger partial charge is 0.490 e. The van der Waals surface area contributed by atoms with Crippen LogP contribution in [0.2, 0.25) is 15.1 Å². The van der Waals surface area contributed by atoms with Crippen LogP contribution in [0.25, 0.3) is 6.08 Å². The van der Waals surface area contributed by atoms with Gasteiger partial charge in [-0.15, -0.1) is 0 Å². The molecule has 0 aliphatic heterocycles. The highest BCUT2D eigenvalue weighted by atomic mass is 35.5. The summed E-state index contributed by atoms with van der Waals surface area (Å²) < 4.78 is 11.3. The number of nitrogens with one attached hydrogen (secondary N) is 2. The minimum atomic E-state index is -0.561. The van der Waals surface area contributed by atoms with Gasteiger partial charge in [-0.2, -0.15) is 5.26 Å². The Morgan fingerprint density at radius 3 is 2.42 bits per heavy atom. The molecule has 7 nitrogen and oxygen atoms in total. The van der Waals surface area contributed by atoms with Gasteiger partial charge in [0.25, 0.3) is 11.8 Å². The number of rotatable bonds is 9. The summed E-state index contributed by atoms with van der Waals surface area (Å²) in [5.74, 6) is -0.621. The van der Waals surface area contributed by atoms with Crippen LogP contribution >= 0.6 is 34.8 Å². The van der Waals surface area contributed by atoms with Crippen molar-refractivity contribution in [1.29, 1.82) is 5.26 Å². The number of carbonyl (C=O) groups is 2. The van der Waals surface area contributed by atoms with Gasteiger partial charge in [0.1, 0.15) is 11.6 Å². The molecule has 2 N–H and O–H groups in total. The molecule has 0 radical (unpaired) electrons. The van der Waals surface area contributed by atoms with E-state index in [1.54, 1.807) is 31.2 Å². The highest BCUT2D eigenvalue weighted by Crippen LogP contribution is 2.37. The molecule has 0 saturated heterocycles. The molecule has 0 aliphatic rings. The Bertz CT molecular complexity index is 1450. The number of amides is 2. The van der Waals surface area contributed by atoms with Gasteiger partial charge in [0.05, 0.1) is 21.7 Å². The zero-order valence-electron chi connectivity index (χ0n) is 20.8. The SMILES string of the molecule is CCOc1cc(/C=C(/C#N)C(=O)Nc2cccc(C)c2C)cc(Cl)c1OCC(=O)Nc1ccc(Cl)c(Cl)c1. The van der Waals surface area contributed by atoms with Crippen molar-refractivity contribution in [1.82, 2.24) is 0 Å². The van der Waals surface area contributed by atoms with Crippen LogP contribution in [0.5, 0.6) is 11.5 Å². The molecule has 0 aromatic heterocycles. The first-order valence-corrected chi connectivity index (χ1v) is 12.6. The van der Waals surface area contributed by atoms with E-state index in [1.165, 1.54) is 18.2 Å². The van der Waals surface area contributed by atoms with Gasteiger partial charge in [-0.05, 0) is 79.9 Å². The van der Waals surface area contributed by atoms with Crippen LogP contribution in [0.3, 0.4) is 0 Å². The number of nitriles is 1. The fourth-order valence-electron chi connectivity index (χ4n) is 3.37. The first kappa shape index (κ1) is 28.9. The van der Waals surface area contributed by atoms with Gasteiger partial charge in [0.15, 0.2) is 18.1 Å². The van der Waals surface area contributed by atoms with Gasteiger partial charge in [-0.1, -0.05) is 46.9 Å². The third-order valence-electron chi connectivity index (χ3n) is 5.41. The van der Waals surface area contributed by atoms with Crippen LogP contribution in [-0.2, 0) is 9.59 Å². The molecule has 3 rings (SSSR count). The maximum absolute atomic E-state index is 12.8. The third-order valence-corrected chi connectivity index (χ3v) is 6.43. The molecular weight excluding hydrogens is 549 g/mol. The van der Waals surface area contributed by atoms with E-state index in [0.29, 0.717) is 27.0 Å². The van der Waals surface area contributed by atoms with E-state index in [2.05, 4.69) is 10.6 Å². The maximum Gasteiger partial charge on any atom is 0.266 e. The molecule has 3 aromatic carbocycles. The molecule has 0 saturated carbocycles. The predicted molar refractivity (Wildman–Crippen MR) is 151 cm³/mol. The van der Waals surface area contributed by atoms with Crippen molar-refractivity contribution in [3.05, 3.63) is 85.9 Å². The highest BCUT2D eigenvalue weighted by Gasteiger charge is 2.17. The number of hydrogen-bond acceptors (Lipinski definition) is 5. The second-order valence-corrected chi connectivity index (χ2v) is 9.32. The summed E-state index contributed by atoms with van der Waals surface area (Å²) in [7, 11) is 0. The first-order valence-electron chi connectivity index (χ1n) is 11.5. The topological polar surface area (TPSA) is 100 Å². The molecule has 0 atom stereocenters. The molecule has 0 heterocycles. The van der Waals surface area contributed by atoms with Gasteiger partial charge in [-0.25, -0.2) is 0 Å². The monoisotopic (exact) mass is 571 g/mol. The van der Waals surface area contributed by atoms with Crippen molar-refractivity contribution in [2.75, 3.05) is 23.8 Å². The summed E-state index contributed by atoms with van der Waals surface area (Å²) in [5.41, 5.74) is 3.31. The van der Waals surface area contributed by atoms with Crippen LogP contribution in [0.4, 0.5) is 11.4 Å². The number of ether oxygens (including phenoxy) is 2. The Balaban J connectivity index is 1.78. The smallest absolute Gasteiger partial charge is 0.266 e. The van der Waals surface area contributed by atoms with Crippen LogP contribution in [0.15, 0.2) is 54.1 Å². The quantitative estimate of drug-likeness (QED) is 0.208. The Morgan fingerprint density at radius 1 is 0.974 bits per heavy atom. The number of aryl methyl sites for hydroxylation is 1. The lowest BCUT2D eigenvalue weighted by molar-refractivity contribution is -0.118. The zero-order chi connectivity index (χ0) is 27.8. The number of hydrogen-bond donors (Lipinski definition) is 2. The van der Waals surface area contributed by atoms with Gasteiger partial charge in [0.2, 0.25) is 0 Å². The normalized spacial score (nSPS) is 10.9. The summed E-state index contributed by atoms with van der Waals surface area (Å²) >= 11 is 18.3. The van der Waals surface area contributed by atoms with Crippen LogP contribution in [0.1, 0.15) is 23.6 Å². The summed E-state index contributed by atoms with van der Waals surface area (Å²) in [4.78, 5) is 25.2. The molecule has 0 unspecified atom stereocenters. The van der Waals surface area contributed by atoms with E-state index in [-0.39, 0.29) is 35.3 Å². The van der Waals surface area contributed by atoms with E-state index in [4.69, 9.17) is 44.3 Å². The fraction of sp³-hybridized carbons (Fsp3) is 0.179. The number of halogens is 3. The van der Waals surface area contributed by atoms with E-state index < -0.39 is 11.8 Å². The third kappa shape index (κ3) is 7.42. The van der Waals surface area contributed by atoms with E-state index in [0.717, 1.165) is 11.1 Å². The Labute approximate surface area is 235 Å². The maximum atomic E-state index is 12.8. The molecule has 0 bridgehead atoms. The average molecular weight is 573 g/mol. The fourth-order valence-corrected chi connectivity index (χ4v) is 3.95. The minimum absolute atomic E-state index is 0.126. The van der Waals surface area contributed by atoms with Gasteiger partial charge >= 0.3 is 0 Å². The molecule has 38 heavy (non-hydrogen) atoms. The van der Waals surface area contributed by atoms with Gasteiger partial charge in [0, 0.05) is 11.4 Å². The van der Waals surface area contributed by atoms with Crippen LogP contribution in [0, 0.1) is 25.2 Å². The first-order chi connectivity index (χ1) is 18.1. The van der Waals surface area contributed by atoms with E-state index in [1.807, 2.05) is 32.0 Å². The van der Waals surface area contributed by atoms with Crippen molar-refractivity contribution in [3.8, 4) is 17.6 Å². The summed E-state index contributed by atoms with van der Waals surface area (Å²) in [6.07, 6.45) is 1.40. The van der Waals surface area contributed by atoms with E-state index >= 15 is 0 Å². The highest BCUT2D eigenvalue weighted by molar-refractivity contribution is 6.42. The van der Waals surface area contributed by atoms with Crippen molar-refractivity contribution in [2.45, 2.75) is 20.8 Å². The molecule has 0 aliphatic carbocycles. The molecular formula is C28H24Cl3N3O4. The average Bonchev–Trinajstić information content (AvgIpc) is 2.87. The molecule has 196 valence electrons. The van der Waals surface area contributed by atoms with Crippen molar-refractivity contribution in [2.24, 2.45) is 0 Å². The molecule has 0 spiro atoms. The Morgan fingerprint density at radius 2 is 1.74 bits per heavy atom. The zero-order valence-corrected chi connectivity index (χ0v) is 23.1. The predicted octanol–water partition coefficient (Wildman–Crippen LogP) is 7.23. The van der Waals surface area contributed by atoms with Crippen LogP contribution in [-0.4, -0.2) is 25.0 Å². The van der Waals surface area contributed by atoms with Crippen LogP contribution < -0.4 is 20.1 Å².